The van der Waals surface area contributed by atoms with Gasteiger partial charge in [0.1, 0.15) is 18.8 Å². The van der Waals surface area contributed by atoms with E-state index in [1.807, 2.05) is 30.3 Å². The normalized spacial score (nSPS) is 12.5. The fourth-order valence-electron chi connectivity index (χ4n) is 2.82. The van der Waals surface area contributed by atoms with Gasteiger partial charge < -0.3 is 20.5 Å². The van der Waals surface area contributed by atoms with E-state index in [-0.39, 0.29) is 6.61 Å². The first-order chi connectivity index (χ1) is 14.9. The number of rotatable bonds is 7. The molecule has 3 N–H and O–H groups in total. The number of aromatic nitrogens is 1. The van der Waals surface area contributed by atoms with Crippen molar-refractivity contribution in [1.29, 1.82) is 0 Å². The van der Waals surface area contributed by atoms with Gasteiger partial charge in [-0.3, -0.25) is 9.78 Å². The van der Waals surface area contributed by atoms with Crippen LogP contribution in [0.4, 0.5) is 10.5 Å². The van der Waals surface area contributed by atoms with Gasteiger partial charge >= 0.3 is 6.09 Å². The van der Waals surface area contributed by atoms with Gasteiger partial charge in [0.05, 0.1) is 5.69 Å². The van der Waals surface area contributed by atoms with E-state index in [4.69, 9.17) is 4.74 Å². The van der Waals surface area contributed by atoms with Gasteiger partial charge in [0, 0.05) is 21.9 Å². The fourth-order valence-corrected chi connectivity index (χ4v) is 3.20. The standard InChI is InChI=1S/C23H22BrN3O4/c1-15(26-23(30)31-14-16-7-3-2-4-8-16)22(29)27-19-11-10-17(24)13-18(19)21(28)20-9-5-6-12-25-20/h2-13,15,21,28H,14H2,1H3,(H,26,30)(H,27,29)/t15-,21?/m0/s1. The number of amides is 2. The summed E-state index contributed by atoms with van der Waals surface area (Å²) in [6.07, 6.45) is -0.147. The minimum atomic E-state index is -1.03. The first-order valence-electron chi connectivity index (χ1n) is 9.60. The molecule has 0 fully saturated rings. The molecule has 0 radical (unpaired) electrons. The zero-order valence-corrected chi connectivity index (χ0v) is 18.4. The summed E-state index contributed by atoms with van der Waals surface area (Å²) in [5.41, 5.74) is 2.18. The molecular weight excluding hydrogens is 462 g/mol. The summed E-state index contributed by atoms with van der Waals surface area (Å²) in [4.78, 5) is 28.8. The van der Waals surface area contributed by atoms with E-state index in [1.54, 1.807) is 49.5 Å². The number of benzene rings is 2. The molecule has 1 heterocycles. The van der Waals surface area contributed by atoms with Crippen molar-refractivity contribution in [3.05, 3.63) is 94.2 Å². The van der Waals surface area contributed by atoms with Crippen LogP contribution < -0.4 is 10.6 Å². The molecule has 31 heavy (non-hydrogen) atoms. The Bertz CT molecular complexity index is 1030. The van der Waals surface area contributed by atoms with Crippen molar-refractivity contribution in [3.8, 4) is 0 Å². The lowest BCUT2D eigenvalue weighted by atomic mass is 10.0. The van der Waals surface area contributed by atoms with E-state index < -0.39 is 24.1 Å². The number of ether oxygens (including phenoxy) is 1. The van der Waals surface area contributed by atoms with Crippen LogP contribution in [0.15, 0.2) is 77.4 Å². The molecule has 0 aliphatic rings. The van der Waals surface area contributed by atoms with Gasteiger partial charge in [0.15, 0.2) is 0 Å². The molecule has 7 nitrogen and oxygen atoms in total. The molecule has 3 rings (SSSR count). The van der Waals surface area contributed by atoms with Crippen LogP contribution in [-0.4, -0.2) is 28.1 Å². The Morgan fingerprint density at radius 1 is 1.10 bits per heavy atom. The number of hydrogen-bond donors (Lipinski definition) is 3. The molecule has 3 aromatic rings. The van der Waals surface area contributed by atoms with Crippen molar-refractivity contribution >= 4 is 33.6 Å². The smallest absolute Gasteiger partial charge is 0.408 e. The number of halogens is 1. The highest BCUT2D eigenvalue weighted by Gasteiger charge is 2.21. The predicted octanol–water partition coefficient (Wildman–Crippen LogP) is 4.18. The molecule has 160 valence electrons. The molecule has 0 saturated heterocycles. The highest BCUT2D eigenvalue weighted by atomic mass is 79.9. The molecule has 8 heteroatoms. The van der Waals surface area contributed by atoms with Crippen LogP contribution in [0.2, 0.25) is 0 Å². The average Bonchev–Trinajstić information content (AvgIpc) is 2.79. The van der Waals surface area contributed by atoms with Crippen molar-refractivity contribution in [2.45, 2.75) is 25.7 Å². The number of pyridine rings is 1. The van der Waals surface area contributed by atoms with Crippen LogP contribution in [-0.2, 0) is 16.1 Å². The molecule has 0 aliphatic heterocycles. The molecule has 0 saturated carbocycles. The Kier molecular flexibility index (Phi) is 7.75. The Morgan fingerprint density at radius 3 is 2.55 bits per heavy atom. The number of carbonyl (C=O) groups is 2. The average molecular weight is 484 g/mol. The van der Waals surface area contributed by atoms with Gasteiger partial charge in [-0.2, -0.15) is 0 Å². The van der Waals surface area contributed by atoms with Crippen LogP contribution in [0.3, 0.4) is 0 Å². The number of anilines is 1. The maximum absolute atomic E-state index is 12.6. The predicted molar refractivity (Wildman–Crippen MR) is 120 cm³/mol. The summed E-state index contributed by atoms with van der Waals surface area (Å²) in [6.45, 7) is 1.65. The van der Waals surface area contributed by atoms with Gasteiger partial charge in [0.25, 0.3) is 0 Å². The quantitative estimate of drug-likeness (QED) is 0.467. The Morgan fingerprint density at radius 2 is 1.84 bits per heavy atom. The van der Waals surface area contributed by atoms with E-state index in [9.17, 15) is 14.7 Å². The second-order valence-electron chi connectivity index (χ2n) is 6.81. The van der Waals surface area contributed by atoms with E-state index in [2.05, 4.69) is 31.5 Å². The third kappa shape index (κ3) is 6.37. The maximum atomic E-state index is 12.6. The minimum Gasteiger partial charge on any atom is -0.445 e. The maximum Gasteiger partial charge on any atom is 0.408 e. The highest BCUT2D eigenvalue weighted by molar-refractivity contribution is 9.10. The second-order valence-corrected chi connectivity index (χ2v) is 7.72. The summed E-state index contributed by atoms with van der Waals surface area (Å²) in [6, 6.07) is 18.7. The van der Waals surface area contributed by atoms with Crippen molar-refractivity contribution in [3.63, 3.8) is 0 Å². The van der Waals surface area contributed by atoms with Gasteiger partial charge in [-0.25, -0.2) is 4.79 Å². The summed E-state index contributed by atoms with van der Waals surface area (Å²) in [7, 11) is 0. The number of nitrogens with zero attached hydrogens (tertiary/aromatic N) is 1. The molecule has 0 spiro atoms. The monoisotopic (exact) mass is 483 g/mol. The first kappa shape index (κ1) is 22.5. The molecule has 2 atom stereocenters. The van der Waals surface area contributed by atoms with Crippen LogP contribution >= 0.6 is 15.9 Å². The van der Waals surface area contributed by atoms with E-state index >= 15 is 0 Å². The Labute approximate surface area is 188 Å². The molecule has 2 aromatic carbocycles. The number of carbonyl (C=O) groups excluding carboxylic acids is 2. The molecular formula is C23H22BrN3O4. The summed E-state index contributed by atoms with van der Waals surface area (Å²) in [5.74, 6) is -0.451. The Hall–Kier alpha value is -3.23. The number of aliphatic hydroxyl groups is 1. The van der Waals surface area contributed by atoms with Crippen molar-refractivity contribution in [2.24, 2.45) is 0 Å². The van der Waals surface area contributed by atoms with E-state index in [0.29, 0.717) is 16.9 Å². The lowest BCUT2D eigenvalue weighted by Gasteiger charge is -2.19. The van der Waals surface area contributed by atoms with E-state index in [1.165, 1.54) is 0 Å². The van der Waals surface area contributed by atoms with Crippen LogP contribution in [0.25, 0.3) is 0 Å². The molecule has 0 aliphatic carbocycles. The van der Waals surface area contributed by atoms with Crippen LogP contribution in [0.5, 0.6) is 0 Å². The fraction of sp³-hybridized carbons (Fsp3) is 0.174. The number of alkyl carbamates (subject to hydrolysis) is 1. The number of aliphatic hydroxyl groups excluding tert-OH is 1. The van der Waals surface area contributed by atoms with E-state index in [0.717, 1.165) is 10.0 Å². The second kappa shape index (κ2) is 10.7. The lowest BCUT2D eigenvalue weighted by Crippen LogP contribution is -2.42. The minimum absolute atomic E-state index is 0.105. The van der Waals surface area contributed by atoms with Gasteiger partial charge in [-0.15, -0.1) is 0 Å². The molecule has 0 bridgehead atoms. The summed E-state index contributed by atoms with van der Waals surface area (Å²) in [5, 5.41) is 16.0. The molecule has 1 aromatic heterocycles. The third-order valence-corrected chi connectivity index (χ3v) is 4.97. The highest BCUT2D eigenvalue weighted by Crippen LogP contribution is 2.30. The SMILES string of the molecule is C[C@H](NC(=O)OCc1ccccc1)C(=O)Nc1ccc(Br)cc1C(O)c1ccccn1. The number of hydrogen-bond acceptors (Lipinski definition) is 5. The summed E-state index contributed by atoms with van der Waals surface area (Å²) >= 11 is 3.38. The van der Waals surface area contributed by atoms with Gasteiger partial charge in [-0.1, -0.05) is 52.3 Å². The van der Waals surface area contributed by atoms with Crippen molar-refractivity contribution in [2.75, 3.05) is 5.32 Å². The molecule has 2 amide bonds. The summed E-state index contributed by atoms with van der Waals surface area (Å²) < 4.78 is 5.89. The zero-order valence-electron chi connectivity index (χ0n) is 16.8. The van der Waals surface area contributed by atoms with Gasteiger partial charge in [-0.05, 0) is 42.8 Å². The van der Waals surface area contributed by atoms with Crippen molar-refractivity contribution < 1.29 is 19.4 Å². The van der Waals surface area contributed by atoms with Crippen LogP contribution in [0.1, 0.15) is 29.8 Å². The Balaban J connectivity index is 1.63. The topological polar surface area (TPSA) is 101 Å². The van der Waals surface area contributed by atoms with Crippen molar-refractivity contribution in [1.82, 2.24) is 10.3 Å². The van der Waals surface area contributed by atoms with Gasteiger partial charge in [0.2, 0.25) is 5.91 Å². The largest absolute Gasteiger partial charge is 0.445 e. The lowest BCUT2D eigenvalue weighted by molar-refractivity contribution is -0.117. The number of nitrogens with one attached hydrogen (secondary N) is 2. The molecule has 1 unspecified atom stereocenters. The zero-order chi connectivity index (χ0) is 22.2. The third-order valence-electron chi connectivity index (χ3n) is 4.47. The first-order valence-corrected chi connectivity index (χ1v) is 10.4. The van der Waals surface area contributed by atoms with Crippen LogP contribution in [0, 0.1) is 0 Å².